The van der Waals surface area contributed by atoms with Crippen LogP contribution in [0.25, 0.3) is 112 Å². The SMILES string of the molecule is C=Cc1c(C=C)c(-c2ccc3cc(-c4cc5c(ccc6c7ccccc7oc56)c5c4C(C)(C)c4ccccc4-5)ccc3c2)c(=C/C)/c(=C\C)c1-c1ccccc1. The van der Waals surface area contributed by atoms with E-state index in [1.807, 2.05) is 18.2 Å². The van der Waals surface area contributed by atoms with E-state index in [1.165, 1.54) is 76.7 Å². The van der Waals surface area contributed by atoms with Gasteiger partial charge in [-0.15, -0.1) is 0 Å². The minimum Gasteiger partial charge on any atom is -0.455 e. The zero-order valence-electron chi connectivity index (χ0n) is 32.3. The third-order valence-corrected chi connectivity index (χ3v) is 12.3. The lowest BCUT2D eigenvalue weighted by Crippen LogP contribution is -2.31. The average Bonchev–Trinajstić information content (AvgIpc) is 3.74. The van der Waals surface area contributed by atoms with Crippen LogP contribution in [0.15, 0.2) is 151 Å². The fourth-order valence-electron chi connectivity index (χ4n) is 9.84. The molecule has 0 aliphatic heterocycles. The van der Waals surface area contributed by atoms with Gasteiger partial charge in [-0.1, -0.05) is 154 Å². The number of benzene rings is 8. The van der Waals surface area contributed by atoms with E-state index in [0.717, 1.165) is 44.0 Å². The minimum atomic E-state index is -0.186. The summed E-state index contributed by atoms with van der Waals surface area (Å²) in [6.07, 6.45) is 8.46. The molecule has 0 spiro atoms. The van der Waals surface area contributed by atoms with Crippen molar-refractivity contribution in [3.8, 4) is 44.5 Å². The molecule has 0 fully saturated rings. The third-order valence-electron chi connectivity index (χ3n) is 12.3. The summed E-state index contributed by atoms with van der Waals surface area (Å²) in [6.45, 7) is 17.6. The molecule has 1 nitrogen and oxygen atoms in total. The second kappa shape index (κ2) is 12.7. The van der Waals surface area contributed by atoms with Gasteiger partial charge in [0.1, 0.15) is 11.2 Å². The second-order valence-electron chi connectivity index (χ2n) is 15.5. The summed E-state index contributed by atoms with van der Waals surface area (Å²) in [7, 11) is 0. The van der Waals surface area contributed by atoms with Gasteiger partial charge >= 0.3 is 0 Å². The Hall–Kier alpha value is -6.70. The van der Waals surface area contributed by atoms with Gasteiger partial charge in [-0.2, -0.15) is 0 Å². The Morgan fingerprint density at radius 2 is 1.11 bits per heavy atom. The molecule has 0 N–H and O–H groups in total. The van der Waals surface area contributed by atoms with Gasteiger partial charge in [-0.25, -0.2) is 0 Å². The van der Waals surface area contributed by atoms with Crippen LogP contribution >= 0.6 is 0 Å². The molecule has 268 valence electrons. The zero-order chi connectivity index (χ0) is 38.3. The van der Waals surface area contributed by atoms with Crippen LogP contribution in [0, 0.1) is 0 Å². The second-order valence-corrected chi connectivity index (χ2v) is 15.5. The fraction of sp³-hybridized carbons (Fsp3) is 0.0909. The van der Waals surface area contributed by atoms with E-state index in [0.29, 0.717) is 0 Å². The van der Waals surface area contributed by atoms with Gasteiger partial charge in [0.15, 0.2) is 0 Å². The van der Waals surface area contributed by atoms with Crippen molar-refractivity contribution in [1.82, 2.24) is 0 Å². The molecule has 1 aliphatic rings. The van der Waals surface area contributed by atoms with Gasteiger partial charge in [0, 0.05) is 21.6 Å². The van der Waals surface area contributed by atoms with Crippen molar-refractivity contribution in [1.29, 1.82) is 0 Å². The molecule has 9 aromatic rings. The Bertz CT molecular complexity index is 3260. The van der Waals surface area contributed by atoms with Gasteiger partial charge in [-0.05, 0) is 138 Å². The van der Waals surface area contributed by atoms with Crippen molar-refractivity contribution in [2.45, 2.75) is 33.1 Å². The van der Waals surface area contributed by atoms with E-state index >= 15 is 0 Å². The van der Waals surface area contributed by atoms with E-state index in [2.05, 4.69) is 180 Å². The van der Waals surface area contributed by atoms with Crippen LogP contribution in [0.3, 0.4) is 0 Å². The summed E-state index contributed by atoms with van der Waals surface area (Å²) in [6, 6.07) is 48.8. The van der Waals surface area contributed by atoms with Crippen molar-refractivity contribution in [2.24, 2.45) is 0 Å². The predicted molar refractivity (Wildman–Crippen MR) is 242 cm³/mol. The van der Waals surface area contributed by atoms with E-state index < -0.39 is 0 Å². The van der Waals surface area contributed by atoms with E-state index in [4.69, 9.17) is 4.42 Å². The van der Waals surface area contributed by atoms with Gasteiger partial charge in [0.05, 0.1) is 0 Å². The maximum absolute atomic E-state index is 6.67. The average molecular weight is 719 g/mol. The number of rotatable bonds is 5. The topological polar surface area (TPSA) is 13.1 Å². The molecule has 1 heteroatoms. The third kappa shape index (κ3) is 4.74. The largest absolute Gasteiger partial charge is 0.455 e. The summed E-state index contributed by atoms with van der Waals surface area (Å²) in [5, 5.41) is 9.49. The molecule has 56 heavy (non-hydrogen) atoms. The van der Waals surface area contributed by atoms with Crippen LogP contribution in [0.5, 0.6) is 0 Å². The molecular weight excluding hydrogens is 677 g/mol. The number of fused-ring (bicyclic) bond motifs is 10. The van der Waals surface area contributed by atoms with Crippen molar-refractivity contribution in [3.05, 3.63) is 179 Å². The first-order valence-electron chi connectivity index (χ1n) is 19.6. The van der Waals surface area contributed by atoms with Crippen LogP contribution in [0.2, 0.25) is 0 Å². The van der Waals surface area contributed by atoms with Crippen LogP contribution in [-0.4, -0.2) is 0 Å². The molecule has 0 radical (unpaired) electrons. The van der Waals surface area contributed by atoms with Gasteiger partial charge in [0.25, 0.3) is 0 Å². The Morgan fingerprint density at radius 3 is 1.82 bits per heavy atom. The molecule has 0 amide bonds. The van der Waals surface area contributed by atoms with Crippen LogP contribution < -0.4 is 10.4 Å². The summed E-state index contributed by atoms with van der Waals surface area (Å²) < 4.78 is 6.67. The number of furan rings is 1. The first-order valence-corrected chi connectivity index (χ1v) is 19.6. The molecule has 0 atom stereocenters. The van der Waals surface area contributed by atoms with Gasteiger partial charge in [-0.3, -0.25) is 0 Å². The minimum absolute atomic E-state index is 0.186. The smallest absolute Gasteiger partial charge is 0.143 e. The summed E-state index contributed by atoms with van der Waals surface area (Å²) in [4.78, 5) is 0. The molecule has 1 heterocycles. The summed E-state index contributed by atoms with van der Waals surface area (Å²) in [5.74, 6) is 0. The van der Waals surface area contributed by atoms with Crippen molar-refractivity contribution < 1.29 is 4.42 Å². The lowest BCUT2D eigenvalue weighted by Gasteiger charge is -2.25. The lowest BCUT2D eigenvalue weighted by atomic mass is 9.77. The van der Waals surface area contributed by atoms with Crippen LogP contribution in [-0.2, 0) is 5.41 Å². The van der Waals surface area contributed by atoms with E-state index in [-0.39, 0.29) is 5.41 Å². The highest BCUT2D eigenvalue weighted by atomic mass is 16.3. The molecule has 1 aromatic heterocycles. The Morgan fingerprint density at radius 1 is 0.500 bits per heavy atom. The lowest BCUT2D eigenvalue weighted by molar-refractivity contribution is 0.662. The Balaban J connectivity index is 1.21. The molecule has 0 saturated heterocycles. The van der Waals surface area contributed by atoms with Crippen LogP contribution in [0.1, 0.15) is 49.9 Å². The predicted octanol–water partition coefficient (Wildman–Crippen LogP) is 14.1. The molecule has 0 unspecified atom stereocenters. The fourth-order valence-corrected chi connectivity index (χ4v) is 9.84. The monoisotopic (exact) mass is 718 g/mol. The number of hydrogen-bond acceptors (Lipinski definition) is 1. The van der Waals surface area contributed by atoms with E-state index in [1.54, 1.807) is 0 Å². The zero-order valence-corrected chi connectivity index (χ0v) is 32.3. The maximum atomic E-state index is 6.67. The van der Waals surface area contributed by atoms with Gasteiger partial charge < -0.3 is 4.42 Å². The first-order chi connectivity index (χ1) is 27.4. The molecule has 1 aliphatic carbocycles. The van der Waals surface area contributed by atoms with E-state index in [9.17, 15) is 0 Å². The first kappa shape index (κ1) is 33.8. The highest BCUT2D eigenvalue weighted by molar-refractivity contribution is 6.20. The normalized spacial score (nSPS) is 13.9. The maximum Gasteiger partial charge on any atom is 0.143 e. The van der Waals surface area contributed by atoms with Crippen molar-refractivity contribution in [3.63, 3.8) is 0 Å². The quantitative estimate of drug-likeness (QED) is 0.173. The molecule has 10 rings (SSSR count). The van der Waals surface area contributed by atoms with Crippen molar-refractivity contribution >= 4 is 67.8 Å². The molecular formula is C55H42O. The highest BCUT2D eigenvalue weighted by Gasteiger charge is 2.39. The summed E-state index contributed by atoms with van der Waals surface area (Å²) >= 11 is 0. The Kier molecular flexibility index (Phi) is 7.66. The number of para-hydroxylation sites is 1. The number of hydrogen-bond donors (Lipinski definition) is 0. The molecule has 0 bridgehead atoms. The Labute approximate surface area is 327 Å². The molecule has 0 saturated carbocycles. The molecule has 8 aromatic carbocycles. The van der Waals surface area contributed by atoms with Crippen LogP contribution in [0.4, 0.5) is 0 Å². The highest BCUT2D eigenvalue weighted by Crippen LogP contribution is 2.56. The summed E-state index contributed by atoms with van der Waals surface area (Å²) in [5.41, 5.74) is 16.4. The standard InChI is InChI=1S/C55H42O/c1-7-38-40(9-3)51(41(10-4)39(8-2)50(38)33-18-12-11-13-19-33)37-27-25-34-30-36(26-24-35(34)31-37)46-32-47-43(28-29-44-42-20-15-17-23-49(42)56-54(44)47)52-45-21-14-16-22-48(45)55(5,6)53(46)52/h7-32H,1,3H2,2,4-6H3/b39-8+,41-10+. The van der Waals surface area contributed by atoms with Crippen molar-refractivity contribution in [2.75, 3.05) is 0 Å². The van der Waals surface area contributed by atoms with Gasteiger partial charge in [0.2, 0.25) is 0 Å².